The molecule has 0 unspecified atom stereocenters. The van der Waals surface area contributed by atoms with E-state index in [0.29, 0.717) is 0 Å². The van der Waals surface area contributed by atoms with E-state index in [1.165, 1.54) is 0 Å². The number of ether oxygens (including phenoxy) is 2. The molecule has 5 heteroatoms. The zero-order valence-corrected chi connectivity index (χ0v) is 11.9. The zero-order valence-electron chi connectivity index (χ0n) is 10.3. The Morgan fingerprint density at radius 2 is 1.81 bits per heavy atom. The molecule has 1 aliphatic heterocycles. The number of hydrogen-bond donors (Lipinski definition) is 0. The lowest BCUT2D eigenvalue weighted by molar-refractivity contribution is -0.149. The van der Waals surface area contributed by atoms with E-state index in [1.54, 1.807) is 0 Å². The molecule has 0 saturated carbocycles. The van der Waals surface area contributed by atoms with Crippen LogP contribution in [0.3, 0.4) is 0 Å². The van der Waals surface area contributed by atoms with Crippen molar-refractivity contribution in [1.29, 1.82) is 0 Å². The van der Waals surface area contributed by atoms with Crippen molar-refractivity contribution in [3.63, 3.8) is 0 Å². The lowest BCUT2D eigenvalue weighted by Crippen LogP contribution is -2.32. The molecular weight excluding hydrogens is 244 g/mol. The van der Waals surface area contributed by atoms with Gasteiger partial charge in [-0.15, -0.1) is 23.5 Å². The van der Waals surface area contributed by atoms with Crippen LogP contribution >= 0.6 is 23.5 Å². The molecule has 3 nitrogen and oxygen atoms in total. The van der Waals surface area contributed by atoms with Crippen LogP contribution in [0.5, 0.6) is 0 Å². The normalized spacial score (nSPS) is 28.6. The van der Waals surface area contributed by atoms with Gasteiger partial charge >= 0.3 is 0 Å². The average molecular weight is 264 g/mol. The van der Waals surface area contributed by atoms with Gasteiger partial charge in [-0.2, -0.15) is 0 Å². The lowest BCUT2D eigenvalue weighted by atomic mass is 10.2. The maximum absolute atomic E-state index is 11.0. The Morgan fingerprint density at radius 3 is 2.25 bits per heavy atom. The number of aldehydes is 1. The summed E-state index contributed by atoms with van der Waals surface area (Å²) >= 11 is 3.63. The smallest absolute Gasteiger partial charge is 0.164 e. The van der Waals surface area contributed by atoms with Gasteiger partial charge in [0.1, 0.15) is 12.2 Å². The highest BCUT2D eigenvalue weighted by atomic mass is 32.2. The Hall–Kier alpha value is 0.290. The molecule has 1 saturated heterocycles. The topological polar surface area (TPSA) is 35.5 Å². The largest absolute Gasteiger partial charge is 0.342 e. The Kier molecular flexibility index (Phi) is 5.64. The number of hydrogen-bond acceptors (Lipinski definition) is 5. The highest BCUT2D eigenvalue weighted by Crippen LogP contribution is 2.37. The monoisotopic (exact) mass is 264 g/mol. The predicted octanol–water partition coefficient (Wildman–Crippen LogP) is 2.54. The van der Waals surface area contributed by atoms with Crippen molar-refractivity contribution in [2.24, 2.45) is 0 Å². The van der Waals surface area contributed by atoms with Crippen molar-refractivity contribution in [1.82, 2.24) is 0 Å². The molecule has 2 atom stereocenters. The van der Waals surface area contributed by atoms with Gasteiger partial charge in [-0.3, -0.25) is 0 Å². The van der Waals surface area contributed by atoms with E-state index in [-0.39, 0.29) is 10.7 Å². The van der Waals surface area contributed by atoms with Crippen LogP contribution in [0.15, 0.2) is 0 Å². The molecule has 0 amide bonds. The summed E-state index contributed by atoms with van der Waals surface area (Å²) in [5.41, 5.74) is 0. The van der Waals surface area contributed by atoms with Crippen molar-refractivity contribution < 1.29 is 14.3 Å². The van der Waals surface area contributed by atoms with Gasteiger partial charge in [0.15, 0.2) is 12.1 Å². The van der Waals surface area contributed by atoms with Gasteiger partial charge in [-0.25, -0.2) is 0 Å². The molecule has 1 heterocycles. The third-order valence-corrected chi connectivity index (χ3v) is 4.90. The molecule has 0 radical (unpaired) electrons. The van der Waals surface area contributed by atoms with Crippen LogP contribution in [0.1, 0.15) is 27.7 Å². The first-order chi connectivity index (χ1) is 7.54. The van der Waals surface area contributed by atoms with Crippen molar-refractivity contribution in [2.45, 2.75) is 50.3 Å². The van der Waals surface area contributed by atoms with Crippen molar-refractivity contribution in [3.05, 3.63) is 0 Å². The van der Waals surface area contributed by atoms with Crippen LogP contribution in [0.4, 0.5) is 0 Å². The lowest BCUT2D eigenvalue weighted by Gasteiger charge is -2.23. The SMILES string of the molecule is CCSC(SCC)[C@@H]1OC(C)(C)O[C@H]1C=O. The van der Waals surface area contributed by atoms with Gasteiger partial charge < -0.3 is 14.3 Å². The molecule has 16 heavy (non-hydrogen) atoms. The molecule has 0 N–H and O–H groups in total. The number of carbonyl (C=O) groups excluding carboxylic acids is 1. The van der Waals surface area contributed by atoms with E-state index in [4.69, 9.17) is 9.47 Å². The van der Waals surface area contributed by atoms with Gasteiger partial charge in [-0.05, 0) is 25.4 Å². The molecule has 0 aromatic rings. The van der Waals surface area contributed by atoms with E-state index < -0.39 is 11.9 Å². The highest BCUT2D eigenvalue weighted by molar-refractivity contribution is 8.17. The molecule has 0 aliphatic carbocycles. The Balaban J connectivity index is 2.70. The van der Waals surface area contributed by atoms with Crippen LogP contribution < -0.4 is 0 Å². The fourth-order valence-corrected chi connectivity index (χ4v) is 4.36. The van der Waals surface area contributed by atoms with Crippen molar-refractivity contribution in [2.75, 3.05) is 11.5 Å². The fourth-order valence-electron chi connectivity index (χ4n) is 1.70. The van der Waals surface area contributed by atoms with E-state index in [9.17, 15) is 4.79 Å². The summed E-state index contributed by atoms with van der Waals surface area (Å²) in [7, 11) is 0. The van der Waals surface area contributed by atoms with Crippen molar-refractivity contribution in [3.8, 4) is 0 Å². The summed E-state index contributed by atoms with van der Waals surface area (Å²) in [6, 6.07) is 0. The third kappa shape index (κ3) is 3.65. The van der Waals surface area contributed by atoms with Gasteiger partial charge in [0.2, 0.25) is 0 Å². The minimum absolute atomic E-state index is 0.137. The standard InChI is InChI=1S/C11H20O3S2/c1-5-15-10(16-6-2)9-8(7-12)13-11(3,4)14-9/h7-10H,5-6H2,1-4H3/t8-,9+/m0/s1. The summed E-state index contributed by atoms with van der Waals surface area (Å²) < 4.78 is 11.7. The second-order valence-corrected chi connectivity index (χ2v) is 7.12. The summed E-state index contributed by atoms with van der Waals surface area (Å²) in [6.45, 7) is 7.94. The Labute approximate surface area is 106 Å². The van der Waals surface area contributed by atoms with Gasteiger partial charge in [-0.1, -0.05) is 13.8 Å². The highest BCUT2D eigenvalue weighted by Gasteiger charge is 2.45. The van der Waals surface area contributed by atoms with Crippen LogP contribution in [0.25, 0.3) is 0 Å². The molecule has 1 aliphatic rings. The minimum Gasteiger partial charge on any atom is -0.342 e. The number of carbonyl (C=O) groups is 1. The maximum atomic E-state index is 11.0. The second kappa shape index (κ2) is 6.28. The summed E-state index contributed by atoms with van der Waals surface area (Å²) in [4.78, 5) is 11.0. The number of rotatable bonds is 6. The molecular formula is C11H20O3S2. The molecule has 94 valence electrons. The van der Waals surface area contributed by atoms with Crippen molar-refractivity contribution >= 4 is 29.8 Å². The molecule has 0 bridgehead atoms. The first kappa shape index (κ1) is 14.4. The molecule has 1 fully saturated rings. The average Bonchev–Trinajstić information content (AvgIpc) is 2.53. The Bertz CT molecular complexity index is 227. The van der Waals surface area contributed by atoms with E-state index in [1.807, 2.05) is 37.4 Å². The summed E-state index contributed by atoms with van der Waals surface area (Å²) in [6.07, 6.45) is 0.291. The molecule has 1 rings (SSSR count). The zero-order chi connectivity index (χ0) is 12.2. The summed E-state index contributed by atoms with van der Waals surface area (Å²) in [5.74, 6) is 1.39. The predicted molar refractivity (Wildman–Crippen MR) is 69.9 cm³/mol. The quantitative estimate of drug-likeness (QED) is 0.544. The molecule has 0 aromatic carbocycles. The molecule has 0 aromatic heterocycles. The van der Waals surface area contributed by atoms with Gasteiger partial charge in [0.05, 0.1) is 4.58 Å². The minimum atomic E-state index is -0.642. The first-order valence-electron chi connectivity index (χ1n) is 5.58. The van der Waals surface area contributed by atoms with Crippen LogP contribution in [0, 0.1) is 0 Å². The van der Waals surface area contributed by atoms with Gasteiger partial charge in [0, 0.05) is 0 Å². The van der Waals surface area contributed by atoms with Crippen LogP contribution in [-0.2, 0) is 14.3 Å². The van der Waals surface area contributed by atoms with E-state index in [2.05, 4.69) is 13.8 Å². The summed E-state index contributed by atoms with van der Waals surface area (Å²) in [5, 5.41) is 0. The van der Waals surface area contributed by atoms with Gasteiger partial charge in [0.25, 0.3) is 0 Å². The van der Waals surface area contributed by atoms with E-state index >= 15 is 0 Å². The van der Waals surface area contributed by atoms with Crippen LogP contribution in [0.2, 0.25) is 0 Å². The maximum Gasteiger partial charge on any atom is 0.164 e. The van der Waals surface area contributed by atoms with Crippen LogP contribution in [-0.4, -0.2) is 40.4 Å². The fraction of sp³-hybridized carbons (Fsp3) is 0.909. The van der Waals surface area contributed by atoms with E-state index in [0.717, 1.165) is 17.8 Å². The first-order valence-corrected chi connectivity index (χ1v) is 7.68. The number of thioether (sulfide) groups is 2. The molecule has 0 spiro atoms. The third-order valence-electron chi connectivity index (χ3n) is 2.23. The Morgan fingerprint density at radius 1 is 1.25 bits per heavy atom. The second-order valence-electron chi connectivity index (χ2n) is 3.98.